The molecule has 0 aliphatic rings. The molecule has 0 aromatic carbocycles. The molecule has 0 saturated carbocycles. The summed E-state index contributed by atoms with van der Waals surface area (Å²) in [6.07, 6.45) is 0. The highest BCUT2D eigenvalue weighted by atomic mass is 32.2. The Labute approximate surface area is 239 Å². The first kappa shape index (κ1) is 34.7. The molecule has 0 saturated heterocycles. The van der Waals surface area contributed by atoms with Crippen molar-refractivity contribution in [3.8, 4) is 0 Å². The first-order valence-corrected chi connectivity index (χ1v) is 16.6. The first-order chi connectivity index (χ1) is 16.4. The minimum absolute atomic E-state index is 0.0307. The van der Waals surface area contributed by atoms with Gasteiger partial charge in [0.2, 0.25) is 0 Å². The molecule has 0 unspecified atom stereocenters. The highest BCUT2D eigenvalue weighted by Crippen LogP contribution is 2.40. The number of esters is 4. The number of hydrogen-bond donors (Lipinski definition) is 4. The van der Waals surface area contributed by atoms with E-state index < -0.39 is 23.9 Å². The molecule has 0 bridgehead atoms. The van der Waals surface area contributed by atoms with Gasteiger partial charge in [0.15, 0.2) is 0 Å². The summed E-state index contributed by atoms with van der Waals surface area (Å²) in [6.45, 7) is 0.767. The largest absolute Gasteiger partial charge is 0.464 e. The van der Waals surface area contributed by atoms with E-state index in [1.54, 1.807) is 0 Å². The third kappa shape index (κ3) is 19.8. The van der Waals surface area contributed by atoms with E-state index in [0.717, 1.165) is 0 Å². The van der Waals surface area contributed by atoms with Crippen LogP contribution in [0.3, 0.4) is 0 Å². The van der Waals surface area contributed by atoms with Gasteiger partial charge >= 0.3 is 23.9 Å². The number of carbonyl (C=O) groups is 4. The van der Waals surface area contributed by atoms with Crippen molar-refractivity contribution in [2.45, 2.75) is 9.16 Å². The molecule has 0 atom stereocenters. The summed E-state index contributed by atoms with van der Waals surface area (Å²) in [6, 6.07) is 0. The van der Waals surface area contributed by atoms with Crippen molar-refractivity contribution < 1.29 is 38.1 Å². The Morgan fingerprint density at radius 2 is 0.676 bits per heavy atom. The minimum Gasteiger partial charge on any atom is -0.464 e. The zero-order valence-electron chi connectivity index (χ0n) is 18.3. The summed E-state index contributed by atoms with van der Waals surface area (Å²) in [4.78, 5) is 48.1. The maximum Gasteiger partial charge on any atom is 0.315 e. The number of ether oxygens (including phenoxy) is 4. The molecule has 0 radical (unpaired) electrons. The monoisotopic (exact) mass is 630 g/mol. The number of rotatable bonds is 21. The van der Waals surface area contributed by atoms with E-state index >= 15 is 0 Å². The standard InChI is InChI=1S/C18H30O8S8/c19-13(23-1-5-27)9-31-17(32-10-14(20)24-2-6-28)18(33-11-15(21)25-3-7-29)34-12-16(22)26-4-8-30/h17-18,27-30H,1-12H2. The Morgan fingerprint density at radius 3 is 0.853 bits per heavy atom. The Morgan fingerprint density at radius 1 is 0.471 bits per heavy atom. The van der Waals surface area contributed by atoms with E-state index in [-0.39, 0.29) is 58.6 Å². The van der Waals surface area contributed by atoms with E-state index in [1.165, 1.54) is 47.0 Å². The van der Waals surface area contributed by atoms with E-state index in [2.05, 4.69) is 50.5 Å². The van der Waals surface area contributed by atoms with E-state index in [9.17, 15) is 19.2 Å². The third-order valence-corrected chi connectivity index (χ3v) is 10.2. The molecule has 0 aliphatic heterocycles. The summed E-state index contributed by atoms with van der Waals surface area (Å²) in [5, 5.41) is 0. The van der Waals surface area contributed by atoms with Crippen LogP contribution in [0.5, 0.6) is 0 Å². The van der Waals surface area contributed by atoms with Crippen LogP contribution in [0.4, 0.5) is 0 Å². The molecule has 0 spiro atoms. The average molecular weight is 631 g/mol. The molecule has 0 aromatic rings. The van der Waals surface area contributed by atoms with Crippen LogP contribution in [0.1, 0.15) is 0 Å². The third-order valence-electron chi connectivity index (χ3n) is 3.10. The van der Waals surface area contributed by atoms with Crippen molar-refractivity contribution in [1.29, 1.82) is 0 Å². The molecule has 0 aromatic heterocycles. The summed E-state index contributed by atoms with van der Waals surface area (Å²) in [5.41, 5.74) is 0. The van der Waals surface area contributed by atoms with Crippen LogP contribution >= 0.6 is 97.6 Å². The minimum atomic E-state index is -0.419. The van der Waals surface area contributed by atoms with E-state index in [4.69, 9.17) is 18.9 Å². The van der Waals surface area contributed by atoms with Gasteiger partial charge in [0.25, 0.3) is 0 Å². The Kier molecular flexibility index (Phi) is 24.5. The summed E-state index contributed by atoms with van der Waals surface area (Å²) >= 11 is 21.1. The maximum absolute atomic E-state index is 12.0. The second-order valence-electron chi connectivity index (χ2n) is 5.76. The van der Waals surface area contributed by atoms with Crippen molar-refractivity contribution in [1.82, 2.24) is 0 Å². The summed E-state index contributed by atoms with van der Waals surface area (Å²) in [7, 11) is 0. The normalized spacial score (nSPS) is 10.9. The van der Waals surface area contributed by atoms with Crippen molar-refractivity contribution >= 4 is 121 Å². The quantitative estimate of drug-likeness (QED) is 0.0648. The van der Waals surface area contributed by atoms with E-state index in [0.29, 0.717) is 23.0 Å². The van der Waals surface area contributed by atoms with Gasteiger partial charge in [-0.05, 0) is 0 Å². The summed E-state index contributed by atoms with van der Waals surface area (Å²) in [5.74, 6) is 0.0684. The molecule has 16 heteroatoms. The molecular formula is C18H30O8S8. The van der Waals surface area contributed by atoms with Crippen molar-refractivity contribution in [3.05, 3.63) is 0 Å². The second-order valence-corrected chi connectivity index (χ2v) is 12.7. The second kappa shape index (κ2) is 24.0. The molecule has 0 N–H and O–H groups in total. The highest BCUT2D eigenvalue weighted by Gasteiger charge is 2.28. The van der Waals surface area contributed by atoms with Crippen LogP contribution in [0.25, 0.3) is 0 Å². The molecule has 0 rings (SSSR count). The van der Waals surface area contributed by atoms with Crippen LogP contribution in [0.2, 0.25) is 0 Å². The lowest BCUT2D eigenvalue weighted by atomic mass is 10.7. The zero-order chi connectivity index (χ0) is 25.6. The fourth-order valence-corrected chi connectivity index (χ4v) is 7.82. The number of thioether (sulfide) groups is 4. The Balaban J connectivity index is 5.27. The molecule has 0 amide bonds. The van der Waals surface area contributed by atoms with Crippen molar-refractivity contribution in [2.24, 2.45) is 0 Å². The smallest absolute Gasteiger partial charge is 0.315 e. The van der Waals surface area contributed by atoms with Gasteiger partial charge in [-0.1, -0.05) is 0 Å². The molecule has 34 heavy (non-hydrogen) atoms. The molecule has 8 nitrogen and oxygen atoms in total. The van der Waals surface area contributed by atoms with Gasteiger partial charge in [0.05, 0.1) is 32.2 Å². The number of thiol groups is 4. The Hall–Kier alpha value is 0.680. The SMILES string of the molecule is O=C(CSC(SCC(=O)OCCS)C(SCC(=O)OCCS)SCC(=O)OCCS)OCCS. The van der Waals surface area contributed by atoms with Crippen LogP contribution < -0.4 is 0 Å². The van der Waals surface area contributed by atoms with E-state index in [1.807, 2.05) is 0 Å². The lowest BCUT2D eigenvalue weighted by Gasteiger charge is -2.25. The Bertz CT molecular complexity index is 500. The fraction of sp³-hybridized carbons (Fsp3) is 0.778. The van der Waals surface area contributed by atoms with Crippen LogP contribution in [0.15, 0.2) is 0 Å². The fourth-order valence-electron chi connectivity index (χ4n) is 1.82. The van der Waals surface area contributed by atoms with Gasteiger partial charge in [0.1, 0.15) is 26.4 Å². The average Bonchev–Trinajstić information content (AvgIpc) is 2.83. The predicted molar refractivity (Wildman–Crippen MR) is 157 cm³/mol. The zero-order valence-corrected chi connectivity index (χ0v) is 25.2. The van der Waals surface area contributed by atoms with Crippen LogP contribution in [0, 0.1) is 0 Å². The van der Waals surface area contributed by atoms with Gasteiger partial charge < -0.3 is 18.9 Å². The van der Waals surface area contributed by atoms with Crippen molar-refractivity contribution in [3.63, 3.8) is 0 Å². The van der Waals surface area contributed by atoms with Gasteiger partial charge in [-0.25, -0.2) is 0 Å². The number of hydrogen-bond acceptors (Lipinski definition) is 16. The van der Waals surface area contributed by atoms with Gasteiger partial charge in [0, 0.05) is 23.0 Å². The maximum atomic E-state index is 12.0. The highest BCUT2D eigenvalue weighted by molar-refractivity contribution is 8.24. The number of carbonyl (C=O) groups excluding carboxylic acids is 4. The lowest BCUT2D eigenvalue weighted by Crippen LogP contribution is -2.23. The summed E-state index contributed by atoms with van der Waals surface area (Å²) < 4.78 is 19.6. The first-order valence-electron chi connectivity index (χ1n) is 9.90. The van der Waals surface area contributed by atoms with Gasteiger partial charge in [-0.2, -0.15) is 50.5 Å². The van der Waals surface area contributed by atoms with Crippen molar-refractivity contribution in [2.75, 3.05) is 72.5 Å². The molecule has 0 fully saturated rings. The van der Waals surface area contributed by atoms with Gasteiger partial charge in [-0.15, -0.1) is 47.0 Å². The molecule has 0 heterocycles. The van der Waals surface area contributed by atoms with Crippen LogP contribution in [-0.2, 0) is 38.1 Å². The van der Waals surface area contributed by atoms with Crippen LogP contribution in [-0.4, -0.2) is 105 Å². The topological polar surface area (TPSA) is 105 Å². The predicted octanol–water partition coefficient (Wildman–Crippen LogP) is 2.46. The molecular weight excluding hydrogens is 601 g/mol. The van der Waals surface area contributed by atoms with Gasteiger partial charge in [-0.3, -0.25) is 19.2 Å². The molecule has 0 aliphatic carbocycles. The lowest BCUT2D eigenvalue weighted by molar-refractivity contribution is -0.140. The molecule has 198 valence electrons.